The van der Waals surface area contributed by atoms with Crippen LogP contribution < -0.4 is 0 Å². The Morgan fingerprint density at radius 1 is 1.29 bits per heavy atom. The zero-order valence-electron chi connectivity index (χ0n) is 8.56. The van der Waals surface area contributed by atoms with Gasteiger partial charge < -0.3 is 4.52 Å². The summed E-state index contributed by atoms with van der Waals surface area (Å²) in [6.07, 6.45) is -4.82. The van der Waals surface area contributed by atoms with Gasteiger partial charge in [-0.3, -0.25) is 0 Å². The molecular weight excluding hydrogens is 271 g/mol. The molecule has 0 N–H and O–H groups in total. The minimum atomic E-state index is -5.77. The molecule has 9 heteroatoms. The third-order valence-electron chi connectivity index (χ3n) is 1.89. The lowest BCUT2D eigenvalue weighted by atomic mass is 10.2. The van der Waals surface area contributed by atoms with E-state index in [0.717, 1.165) is 0 Å². The fourth-order valence-corrected chi connectivity index (χ4v) is 1.30. The van der Waals surface area contributed by atoms with Crippen molar-refractivity contribution in [2.45, 2.75) is 37.2 Å². The highest BCUT2D eigenvalue weighted by molar-refractivity contribution is 6.20. The van der Waals surface area contributed by atoms with E-state index < -0.39 is 23.4 Å². The van der Waals surface area contributed by atoms with Crippen LogP contribution in [0.3, 0.4) is 0 Å². The second-order valence-electron chi connectivity index (χ2n) is 3.29. The number of nitrogens with zero attached hydrogens (tertiary/aromatic N) is 2. The Morgan fingerprint density at radius 2 is 1.88 bits per heavy atom. The average molecular weight is 279 g/mol. The van der Waals surface area contributed by atoms with Gasteiger partial charge >= 0.3 is 18.0 Å². The van der Waals surface area contributed by atoms with Gasteiger partial charge in [0.25, 0.3) is 0 Å². The van der Waals surface area contributed by atoms with Gasteiger partial charge in [0.2, 0.25) is 0 Å². The van der Waals surface area contributed by atoms with Crippen molar-refractivity contribution >= 4 is 11.6 Å². The summed E-state index contributed by atoms with van der Waals surface area (Å²) in [4.78, 5) is 2.99. The van der Waals surface area contributed by atoms with Crippen molar-refractivity contribution in [2.24, 2.45) is 0 Å². The average Bonchev–Trinajstić information content (AvgIpc) is 2.65. The van der Waals surface area contributed by atoms with Gasteiger partial charge in [0.1, 0.15) is 0 Å². The molecule has 0 aliphatic carbocycles. The van der Waals surface area contributed by atoms with E-state index in [-0.39, 0.29) is 5.82 Å². The summed E-state index contributed by atoms with van der Waals surface area (Å²) in [5.41, 5.74) is 0. The molecule has 0 radical (unpaired) electrons. The molecule has 1 aromatic heterocycles. The molecule has 1 heterocycles. The zero-order valence-corrected chi connectivity index (χ0v) is 9.32. The smallest absolute Gasteiger partial charge is 0.332 e. The summed E-state index contributed by atoms with van der Waals surface area (Å²) >= 11 is 5.67. The quantitative estimate of drug-likeness (QED) is 0.621. The molecule has 0 bridgehead atoms. The van der Waals surface area contributed by atoms with Crippen molar-refractivity contribution in [1.29, 1.82) is 0 Å². The standard InChI is InChI=1S/C8H8ClF5N2O/c1-2-3-4(9)5-15-6(17-16-5)7(10,11)8(12,13)14/h4H,2-3H2,1H3. The van der Waals surface area contributed by atoms with Crippen molar-refractivity contribution in [3.8, 4) is 0 Å². The molecule has 0 amide bonds. The van der Waals surface area contributed by atoms with Gasteiger partial charge in [-0.05, 0) is 6.42 Å². The molecule has 17 heavy (non-hydrogen) atoms. The van der Waals surface area contributed by atoms with Crippen molar-refractivity contribution in [2.75, 3.05) is 0 Å². The van der Waals surface area contributed by atoms with E-state index in [0.29, 0.717) is 12.8 Å². The predicted molar refractivity (Wildman–Crippen MR) is 47.7 cm³/mol. The van der Waals surface area contributed by atoms with E-state index in [9.17, 15) is 22.0 Å². The van der Waals surface area contributed by atoms with Gasteiger partial charge in [-0.1, -0.05) is 18.5 Å². The summed E-state index contributed by atoms with van der Waals surface area (Å²) in [5, 5.41) is 2.17. The third-order valence-corrected chi connectivity index (χ3v) is 2.30. The largest absolute Gasteiger partial charge is 0.463 e. The van der Waals surface area contributed by atoms with Crippen LogP contribution in [0.1, 0.15) is 36.9 Å². The van der Waals surface area contributed by atoms with Crippen molar-refractivity contribution in [3.63, 3.8) is 0 Å². The fourth-order valence-electron chi connectivity index (χ4n) is 0.993. The maximum atomic E-state index is 12.8. The maximum Gasteiger partial charge on any atom is 0.463 e. The Kier molecular flexibility index (Phi) is 3.95. The number of halogens is 6. The number of aromatic nitrogens is 2. The minimum absolute atomic E-state index is 0.345. The molecule has 0 fully saturated rings. The van der Waals surface area contributed by atoms with Crippen LogP contribution in [0.25, 0.3) is 0 Å². The summed E-state index contributed by atoms with van der Waals surface area (Å²) in [6, 6.07) is 0. The molecule has 0 aliphatic rings. The lowest BCUT2D eigenvalue weighted by molar-refractivity contribution is -0.298. The van der Waals surface area contributed by atoms with Crippen molar-refractivity contribution in [3.05, 3.63) is 11.7 Å². The molecule has 0 aromatic carbocycles. The van der Waals surface area contributed by atoms with Crippen LogP contribution in [-0.2, 0) is 5.92 Å². The van der Waals surface area contributed by atoms with Crippen LogP contribution in [0.2, 0.25) is 0 Å². The van der Waals surface area contributed by atoms with E-state index in [1.54, 1.807) is 6.92 Å². The highest BCUT2D eigenvalue weighted by Crippen LogP contribution is 2.43. The van der Waals surface area contributed by atoms with E-state index in [1.807, 2.05) is 0 Å². The Labute approximate surface area is 97.9 Å². The maximum absolute atomic E-state index is 12.8. The molecule has 0 spiro atoms. The van der Waals surface area contributed by atoms with Crippen LogP contribution in [0.5, 0.6) is 0 Å². The highest BCUT2D eigenvalue weighted by Gasteiger charge is 2.63. The first-order valence-corrected chi connectivity index (χ1v) is 5.06. The Balaban J connectivity index is 2.95. The third kappa shape index (κ3) is 2.85. The van der Waals surface area contributed by atoms with Gasteiger partial charge in [-0.25, -0.2) is 0 Å². The molecule has 0 saturated heterocycles. The Bertz CT molecular complexity index is 378. The van der Waals surface area contributed by atoms with Crippen LogP contribution in [0.15, 0.2) is 4.52 Å². The van der Waals surface area contributed by atoms with Crippen LogP contribution in [0.4, 0.5) is 22.0 Å². The van der Waals surface area contributed by atoms with Crippen LogP contribution >= 0.6 is 11.6 Å². The number of hydrogen-bond acceptors (Lipinski definition) is 3. The van der Waals surface area contributed by atoms with E-state index in [2.05, 4.69) is 14.7 Å². The lowest BCUT2D eigenvalue weighted by Crippen LogP contribution is -2.34. The molecule has 0 aliphatic heterocycles. The predicted octanol–water partition coefficient (Wildman–Crippen LogP) is 3.80. The first-order valence-electron chi connectivity index (χ1n) is 4.62. The topological polar surface area (TPSA) is 38.9 Å². The molecule has 98 valence electrons. The van der Waals surface area contributed by atoms with Crippen molar-refractivity contribution in [1.82, 2.24) is 10.1 Å². The first kappa shape index (κ1) is 14.1. The van der Waals surface area contributed by atoms with Gasteiger partial charge in [0, 0.05) is 0 Å². The monoisotopic (exact) mass is 278 g/mol. The summed E-state index contributed by atoms with van der Waals surface area (Å²) in [6.45, 7) is 1.76. The summed E-state index contributed by atoms with van der Waals surface area (Å²) in [7, 11) is 0. The SMILES string of the molecule is CCCC(Cl)c1noc(C(F)(F)C(F)(F)F)n1. The van der Waals surface area contributed by atoms with E-state index in [4.69, 9.17) is 11.6 Å². The van der Waals surface area contributed by atoms with Crippen LogP contribution in [-0.4, -0.2) is 16.3 Å². The van der Waals surface area contributed by atoms with Gasteiger partial charge in [-0.2, -0.15) is 26.9 Å². The van der Waals surface area contributed by atoms with Crippen LogP contribution in [0, 0.1) is 0 Å². The minimum Gasteiger partial charge on any atom is -0.332 e. The van der Waals surface area contributed by atoms with Gasteiger partial charge in [0.15, 0.2) is 5.82 Å². The zero-order chi connectivity index (χ0) is 13.3. The number of alkyl halides is 6. The Hall–Kier alpha value is -0.920. The molecule has 1 atom stereocenters. The fraction of sp³-hybridized carbons (Fsp3) is 0.750. The number of hydrogen-bond donors (Lipinski definition) is 0. The highest BCUT2D eigenvalue weighted by atomic mass is 35.5. The molecular formula is C8H8ClF5N2O. The van der Waals surface area contributed by atoms with Gasteiger partial charge in [-0.15, -0.1) is 11.6 Å². The second-order valence-corrected chi connectivity index (χ2v) is 3.81. The molecule has 3 nitrogen and oxygen atoms in total. The van der Waals surface area contributed by atoms with E-state index >= 15 is 0 Å². The van der Waals surface area contributed by atoms with E-state index in [1.165, 1.54) is 0 Å². The van der Waals surface area contributed by atoms with Gasteiger partial charge in [0.05, 0.1) is 5.38 Å². The molecule has 1 rings (SSSR count). The molecule has 1 unspecified atom stereocenters. The first-order chi connectivity index (χ1) is 7.70. The summed E-state index contributed by atoms with van der Waals surface area (Å²) in [5.74, 6) is -7.32. The molecule has 1 aromatic rings. The normalized spacial score (nSPS) is 15.0. The Morgan fingerprint density at radius 3 is 2.35 bits per heavy atom. The second kappa shape index (κ2) is 4.75. The summed E-state index contributed by atoms with van der Waals surface area (Å²) < 4.78 is 65.3. The lowest BCUT2D eigenvalue weighted by Gasteiger charge is -2.14. The molecule has 0 saturated carbocycles. The van der Waals surface area contributed by atoms with Crippen molar-refractivity contribution < 1.29 is 26.5 Å². The number of rotatable bonds is 4.